The fourth-order valence-corrected chi connectivity index (χ4v) is 5.09. The maximum absolute atomic E-state index is 12.4. The van der Waals surface area contributed by atoms with E-state index in [1.165, 1.54) is 24.3 Å². The van der Waals surface area contributed by atoms with Crippen molar-refractivity contribution in [2.45, 2.75) is 63.1 Å². The molecule has 4 aliphatic rings. The Morgan fingerprint density at radius 1 is 1.13 bits per heavy atom. The number of carboxylic acids is 1. The van der Waals surface area contributed by atoms with E-state index in [2.05, 4.69) is 0 Å². The highest BCUT2D eigenvalue weighted by atomic mass is 17.3. The van der Waals surface area contributed by atoms with Gasteiger partial charge < -0.3 is 19.3 Å². The molecule has 1 aromatic rings. The summed E-state index contributed by atoms with van der Waals surface area (Å²) in [5, 5.41) is 8.96. The van der Waals surface area contributed by atoms with Crippen molar-refractivity contribution in [1.82, 2.24) is 0 Å². The van der Waals surface area contributed by atoms with E-state index in [9.17, 15) is 9.59 Å². The Kier molecular flexibility index (Phi) is 5.85. The lowest BCUT2D eigenvalue weighted by atomic mass is 9.65. The molecule has 8 nitrogen and oxygen atoms in total. The summed E-state index contributed by atoms with van der Waals surface area (Å²) in [5.41, 5.74) is -0.266. The van der Waals surface area contributed by atoms with Gasteiger partial charge in [-0.1, -0.05) is 6.42 Å². The number of benzene rings is 1. The van der Waals surface area contributed by atoms with Crippen LogP contribution in [0.3, 0.4) is 0 Å². The normalized spacial score (nSPS) is 35.3. The maximum atomic E-state index is 12.4. The van der Waals surface area contributed by atoms with Gasteiger partial charge in [-0.3, -0.25) is 0 Å². The number of methoxy groups -OCH3 is 1. The molecule has 3 heterocycles. The average molecular weight is 420 g/mol. The van der Waals surface area contributed by atoms with Crippen molar-refractivity contribution in [2.24, 2.45) is 11.8 Å². The number of hydrogen-bond donors (Lipinski definition) is 1. The number of fused-ring (bicyclic) bond motifs is 3. The minimum absolute atomic E-state index is 0.0611. The predicted octanol–water partition coefficient (Wildman–Crippen LogP) is 3.55. The van der Waals surface area contributed by atoms with Crippen molar-refractivity contribution in [3.8, 4) is 0 Å². The lowest BCUT2D eigenvalue weighted by Gasteiger charge is -2.53. The SMILES string of the molecule is CO[C@H]1O[C@]2(C)CC[C@H]3CCC[C@@H](CCOC(=O)c4ccc(C(=O)O)cc4)[C@]31OO2. The molecular weight excluding hydrogens is 392 g/mol. The van der Waals surface area contributed by atoms with Gasteiger partial charge in [0, 0.05) is 13.5 Å². The van der Waals surface area contributed by atoms with Crippen LogP contribution in [0.1, 0.15) is 66.2 Å². The van der Waals surface area contributed by atoms with Crippen LogP contribution in [0.4, 0.5) is 0 Å². The predicted molar refractivity (Wildman–Crippen MR) is 104 cm³/mol. The Bertz CT molecular complexity index is 793. The number of esters is 1. The minimum Gasteiger partial charge on any atom is -0.478 e. The summed E-state index contributed by atoms with van der Waals surface area (Å²) in [7, 11) is 1.62. The monoisotopic (exact) mass is 420 g/mol. The number of ether oxygens (including phenoxy) is 3. The summed E-state index contributed by atoms with van der Waals surface area (Å²) < 4.78 is 17.3. The first-order chi connectivity index (χ1) is 14.4. The van der Waals surface area contributed by atoms with Crippen LogP contribution >= 0.6 is 0 Å². The summed E-state index contributed by atoms with van der Waals surface area (Å²) in [5.74, 6) is -2.01. The summed E-state index contributed by atoms with van der Waals surface area (Å²) in [6.45, 7) is 2.09. The number of carbonyl (C=O) groups is 2. The van der Waals surface area contributed by atoms with Gasteiger partial charge in [-0.05, 0) is 68.7 Å². The first-order valence-electron chi connectivity index (χ1n) is 10.5. The molecular formula is C22H28O8. The summed E-state index contributed by atoms with van der Waals surface area (Å²) in [6.07, 6.45) is 4.74. The van der Waals surface area contributed by atoms with E-state index < -0.39 is 29.6 Å². The van der Waals surface area contributed by atoms with Gasteiger partial charge in [0.25, 0.3) is 0 Å². The third kappa shape index (κ3) is 3.73. The van der Waals surface area contributed by atoms with Crippen molar-refractivity contribution in [2.75, 3.05) is 13.7 Å². The van der Waals surface area contributed by atoms with E-state index in [1.807, 2.05) is 6.92 Å². The molecule has 164 valence electrons. The minimum atomic E-state index is -1.04. The Balaban J connectivity index is 1.42. The molecule has 1 N–H and O–H groups in total. The number of carboxylic acid groups (broad SMARTS) is 1. The van der Waals surface area contributed by atoms with E-state index >= 15 is 0 Å². The molecule has 1 aliphatic carbocycles. The molecule has 4 fully saturated rings. The second-order valence-corrected chi connectivity index (χ2v) is 8.51. The van der Waals surface area contributed by atoms with E-state index in [1.54, 1.807) is 7.11 Å². The molecule has 0 radical (unpaired) electrons. The van der Waals surface area contributed by atoms with Crippen molar-refractivity contribution in [3.05, 3.63) is 35.4 Å². The van der Waals surface area contributed by atoms with E-state index in [4.69, 9.17) is 29.1 Å². The van der Waals surface area contributed by atoms with Crippen molar-refractivity contribution >= 4 is 11.9 Å². The molecule has 3 saturated heterocycles. The molecule has 0 aromatic heterocycles. The fourth-order valence-electron chi connectivity index (χ4n) is 5.09. The average Bonchev–Trinajstić information content (AvgIpc) is 2.98. The quantitative estimate of drug-likeness (QED) is 0.551. The zero-order valence-electron chi connectivity index (χ0n) is 17.3. The van der Waals surface area contributed by atoms with Crippen molar-refractivity contribution in [3.63, 3.8) is 0 Å². The van der Waals surface area contributed by atoms with Crippen LogP contribution < -0.4 is 0 Å². The zero-order chi connectivity index (χ0) is 21.4. The Morgan fingerprint density at radius 2 is 1.87 bits per heavy atom. The smallest absolute Gasteiger partial charge is 0.338 e. The standard InChI is InChI=1S/C22H28O8/c1-21-12-10-16-4-3-5-17(22(16,30-29-21)20(26-2)28-21)11-13-27-19(25)15-8-6-14(7-9-15)18(23)24/h6-9,16-17,20H,3-5,10-13H2,1-2H3,(H,23,24)/t16-,17+,20+,21+,22-/m1/s1. The molecule has 3 aliphatic heterocycles. The highest BCUT2D eigenvalue weighted by Gasteiger charge is 2.63. The van der Waals surface area contributed by atoms with Crippen LogP contribution in [-0.2, 0) is 24.0 Å². The van der Waals surface area contributed by atoms with Crippen LogP contribution in [0, 0.1) is 11.8 Å². The lowest BCUT2D eigenvalue weighted by Crippen LogP contribution is -2.63. The molecule has 30 heavy (non-hydrogen) atoms. The Hall–Kier alpha value is -2.00. The van der Waals surface area contributed by atoms with Crippen molar-refractivity contribution < 1.29 is 38.7 Å². The van der Waals surface area contributed by atoms with Gasteiger partial charge in [-0.25, -0.2) is 19.4 Å². The van der Waals surface area contributed by atoms with Gasteiger partial charge in [0.15, 0.2) is 11.9 Å². The van der Waals surface area contributed by atoms with Gasteiger partial charge in [-0.15, -0.1) is 0 Å². The molecule has 8 heteroatoms. The highest BCUT2D eigenvalue weighted by molar-refractivity contribution is 5.92. The Labute approximate surface area is 175 Å². The summed E-state index contributed by atoms with van der Waals surface area (Å²) in [4.78, 5) is 35.0. The van der Waals surface area contributed by atoms with Crippen LogP contribution in [0.15, 0.2) is 24.3 Å². The number of rotatable bonds is 6. The topological polar surface area (TPSA) is 101 Å². The van der Waals surface area contributed by atoms with Crippen LogP contribution in [0.5, 0.6) is 0 Å². The highest BCUT2D eigenvalue weighted by Crippen LogP contribution is 2.55. The lowest BCUT2D eigenvalue weighted by molar-refractivity contribution is -0.554. The number of carbonyl (C=O) groups excluding carboxylic acids is 1. The van der Waals surface area contributed by atoms with Gasteiger partial charge in [0.1, 0.15) is 0 Å². The second kappa shape index (κ2) is 8.26. The molecule has 1 saturated carbocycles. The molecule has 2 bridgehead atoms. The second-order valence-electron chi connectivity index (χ2n) is 8.51. The van der Waals surface area contributed by atoms with Crippen LogP contribution in [0.2, 0.25) is 0 Å². The third-order valence-corrected chi connectivity index (χ3v) is 6.70. The van der Waals surface area contributed by atoms with Crippen LogP contribution in [0.25, 0.3) is 0 Å². The molecule has 1 aromatic carbocycles. The third-order valence-electron chi connectivity index (χ3n) is 6.70. The van der Waals surface area contributed by atoms with E-state index in [0.29, 0.717) is 12.0 Å². The van der Waals surface area contributed by atoms with Gasteiger partial charge in [-0.2, -0.15) is 0 Å². The fraction of sp³-hybridized carbons (Fsp3) is 0.636. The largest absolute Gasteiger partial charge is 0.478 e. The maximum Gasteiger partial charge on any atom is 0.338 e. The first-order valence-corrected chi connectivity index (χ1v) is 10.5. The van der Waals surface area contributed by atoms with Gasteiger partial charge in [0.05, 0.1) is 17.7 Å². The molecule has 5 atom stereocenters. The number of hydrogen-bond acceptors (Lipinski definition) is 7. The van der Waals surface area contributed by atoms with Gasteiger partial charge >= 0.3 is 11.9 Å². The molecule has 0 amide bonds. The Morgan fingerprint density at radius 3 is 2.57 bits per heavy atom. The molecule has 5 rings (SSSR count). The molecule has 0 unspecified atom stereocenters. The zero-order valence-corrected chi connectivity index (χ0v) is 17.3. The number of aromatic carboxylic acids is 1. The van der Waals surface area contributed by atoms with Crippen LogP contribution in [-0.4, -0.2) is 48.4 Å². The van der Waals surface area contributed by atoms with Gasteiger partial charge in [0.2, 0.25) is 5.79 Å². The summed E-state index contributed by atoms with van der Waals surface area (Å²) in [6, 6.07) is 5.69. The first kappa shape index (κ1) is 21.2. The van der Waals surface area contributed by atoms with E-state index in [0.717, 1.165) is 32.1 Å². The van der Waals surface area contributed by atoms with E-state index in [-0.39, 0.29) is 24.0 Å². The summed E-state index contributed by atoms with van der Waals surface area (Å²) >= 11 is 0. The van der Waals surface area contributed by atoms with Crippen molar-refractivity contribution in [1.29, 1.82) is 0 Å². The molecule has 1 spiro atoms.